The van der Waals surface area contributed by atoms with E-state index in [0.29, 0.717) is 11.4 Å². The van der Waals surface area contributed by atoms with Gasteiger partial charge in [0.25, 0.3) is 0 Å². The monoisotopic (exact) mass is 428 g/mol. The Bertz CT molecular complexity index is 860. The predicted molar refractivity (Wildman–Crippen MR) is 121 cm³/mol. The van der Waals surface area contributed by atoms with Crippen molar-refractivity contribution in [1.29, 1.82) is 0 Å². The molecule has 0 saturated heterocycles. The second-order valence-corrected chi connectivity index (χ2v) is 8.83. The maximum Gasteiger partial charge on any atom is 0.415 e. The number of hydrogen-bond donors (Lipinski definition) is 0. The standard InChI is InChI=1S/C24H32N2O5/c1-17(2)21(16-25(28)29)22(18-10-8-7-9-11-18)26(23(27)31-24(3,4)5)19-12-14-20(30-6)15-13-19/h7-15,17,21-22H,16H2,1-6H3/t21-,22-/m1/s1. The summed E-state index contributed by atoms with van der Waals surface area (Å²) in [6, 6.07) is 15.9. The van der Waals surface area contributed by atoms with Gasteiger partial charge in [0.05, 0.1) is 19.1 Å². The van der Waals surface area contributed by atoms with Crippen LogP contribution in [0.25, 0.3) is 0 Å². The van der Waals surface area contributed by atoms with E-state index in [1.165, 1.54) is 4.90 Å². The second-order valence-electron chi connectivity index (χ2n) is 8.83. The molecule has 2 aromatic rings. The SMILES string of the molecule is COc1ccc(N(C(=O)OC(C)(C)C)[C@H](c2ccccc2)[C@H](C[N+](=O)[O-])C(C)C)cc1. The zero-order chi connectivity index (χ0) is 23.2. The molecule has 7 nitrogen and oxygen atoms in total. The number of carbonyl (C=O) groups is 1. The minimum absolute atomic E-state index is 0.0567. The van der Waals surface area contributed by atoms with Gasteiger partial charge in [-0.05, 0) is 56.5 Å². The van der Waals surface area contributed by atoms with Crippen LogP contribution >= 0.6 is 0 Å². The Balaban J connectivity index is 2.68. The first-order chi connectivity index (χ1) is 14.5. The molecule has 31 heavy (non-hydrogen) atoms. The van der Waals surface area contributed by atoms with Crippen LogP contribution in [0, 0.1) is 22.0 Å². The molecule has 0 aromatic heterocycles. The maximum atomic E-state index is 13.4. The number of anilines is 1. The summed E-state index contributed by atoms with van der Waals surface area (Å²) in [6.07, 6.45) is -0.555. The molecule has 1 amide bonds. The van der Waals surface area contributed by atoms with Crippen LogP contribution in [0.4, 0.5) is 10.5 Å². The molecule has 0 heterocycles. The number of carbonyl (C=O) groups excluding carboxylic acids is 1. The molecule has 0 aliphatic rings. The number of methoxy groups -OCH3 is 1. The van der Waals surface area contributed by atoms with E-state index in [9.17, 15) is 14.9 Å². The number of rotatable bonds is 8. The Morgan fingerprint density at radius 1 is 1.06 bits per heavy atom. The van der Waals surface area contributed by atoms with Crippen LogP contribution in [0.5, 0.6) is 5.75 Å². The molecular weight excluding hydrogens is 396 g/mol. The summed E-state index contributed by atoms with van der Waals surface area (Å²) in [5, 5.41) is 11.5. The average Bonchev–Trinajstić information content (AvgIpc) is 2.69. The molecule has 2 aromatic carbocycles. The fraction of sp³-hybridized carbons (Fsp3) is 0.458. The lowest BCUT2D eigenvalue weighted by molar-refractivity contribution is -0.490. The minimum atomic E-state index is -0.723. The van der Waals surface area contributed by atoms with Crippen molar-refractivity contribution in [1.82, 2.24) is 0 Å². The summed E-state index contributed by atoms with van der Waals surface area (Å²) in [6.45, 7) is 8.99. The van der Waals surface area contributed by atoms with E-state index in [1.807, 2.05) is 44.2 Å². The highest BCUT2D eigenvalue weighted by Crippen LogP contribution is 2.38. The third-order valence-electron chi connectivity index (χ3n) is 4.98. The molecule has 0 unspecified atom stereocenters. The summed E-state index contributed by atoms with van der Waals surface area (Å²) in [4.78, 5) is 26.2. The molecule has 0 N–H and O–H groups in total. The van der Waals surface area contributed by atoms with E-state index in [4.69, 9.17) is 9.47 Å². The van der Waals surface area contributed by atoms with Gasteiger partial charge in [-0.25, -0.2) is 4.79 Å². The van der Waals surface area contributed by atoms with Gasteiger partial charge in [-0.1, -0.05) is 44.2 Å². The van der Waals surface area contributed by atoms with Crippen molar-refractivity contribution < 1.29 is 19.2 Å². The summed E-state index contributed by atoms with van der Waals surface area (Å²) >= 11 is 0. The summed E-state index contributed by atoms with van der Waals surface area (Å²) in [5.74, 6) is 0.153. The normalized spacial score (nSPS) is 13.4. The lowest BCUT2D eigenvalue weighted by atomic mass is 9.83. The fourth-order valence-corrected chi connectivity index (χ4v) is 3.52. The van der Waals surface area contributed by atoms with Crippen LogP contribution in [0.1, 0.15) is 46.2 Å². The summed E-state index contributed by atoms with van der Waals surface area (Å²) in [7, 11) is 1.57. The van der Waals surface area contributed by atoms with Crippen LogP contribution < -0.4 is 9.64 Å². The molecule has 0 aliphatic heterocycles. The highest BCUT2D eigenvalue weighted by atomic mass is 16.6. The highest BCUT2D eigenvalue weighted by Gasteiger charge is 2.39. The van der Waals surface area contributed by atoms with E-state index in [2.05, 4.69) is 0 Å². The van der Waals surface area contributed by atoms with Gasteiger partial charge in [-0.2, -0.15) is 0 Å². The molecule has 0 bridgehead atoms. The molecule has 0 spiro atoms. The summed E-state index contributed by atoms with van der Waals surface area (Å²) < 4.78 is 11.0. The van der Waals surface area contributed by atoms with Gasteiger partial charge in [0, 0.05) is 10.6 Å². The van der Waals surface area contributed by atoms with Crippen LogP contribution in [-0.4, -0.2) is 30.3 Å². The molecular formula is C24H32N2O5. The molecule has 2 rings (SSSR count). The molecule has 2 atom stereocenters. The van der Waals surface area contributed by atoms with Crippen molar-refractivity contribution in [3.63, 3.8) is 0 Å². The Labute approximate surface area is 184 Å². The minimum Gasteiger partial charge on any atom is -0.497 e. The molecule has 7 heteroatoms. The van der Waals surface area contributed by atoms with Crippen molar-refractivity contribution >= 4 is 11.8 Å². The third kappa shape index (κ3) is 6.70. The topological polar surface area (TPSA) is 81.9 Å². The number of benzene rings is 2. The molecule has 0 aliphatic carbocycles. The van der Waals surface area contributed by atoms with Gasteiger partial charge < -0.3 is 9.47 Å². The van der Waals surface area contributed by atoms with Crippen LogP contribution in [0.3, 0.4) is 0 Å². The first kappa shape index (κ1) is 24.2. The smallest absolute Gasteiger partial charge is 0.415 e. The van der Waals surface area contributed by atoms with E-state index in [1.54, 1.807) is 52.1 Å². The van der Waals surface area contributed by atoms with Gasteiger partial charge in [-0.15, -0.1) is 0 Å². The second kappa shape index (κ2) is 10.3. The number of nitro groups is 1. The van der Waals surface area contributed by atoms with Crippen molar-refractivity contribution in [3.05, 3.63) is 70.3 Å². The largest absolute Gasteiger partial charge is 0.497 e. The Kier molecular flexibility index (Phi) is 8.02. The Hall–Kier alpha value is -3.09. The van der Waals surface area contributed by atoms with Gasteiger partial charge in [0.15, 0.2) is 0 Å². The lowest BCUT2D eigenvalue weighted by Crippen LogP contribution is -2.44. The van der Waals surface area contributed by atoms with Gasteiger partial charge in [0.1, 0.15) is 11.4 Å². The number of hydrogen-bond acceptors (Lipinski definition) is 5. The highest BCUT2D eigenvalue weighted by molar-refractivity contribution is 5.89. The zero-order valence-corrected chi connectivity index (χ0v) is 19.1. The summed E-state index contributed by atoms with van der Waals surface area (Å²) in [5.41, 5.74) is 0.669. The van der Waals surface area contributed by atoms with Crippen LogP contribution in [-0.2, 0) is 4.74 Å². The van der Waals surface area contributed by atoms with Gasteiger partial charge >= 0.3 is 6.09 Å². The van der Waals surface area contributed by atoms with Crippen molar-refractivity contribution in [2.45, 2.75) is 46.3 Å². The quantitative estimate of drug-likeness (QED) is 0.396. The van der Waals surface area contributed by atoms with Gasteiger partial charge in [-0.3, -0.25) is 15.0 Å². The van der Waals surface area contributed by atoms with Crippen molar-refractivity contribution in [2.24, 2.45) is 11.8 Å². The lowest BCUT2D eigenvalue weighted by Gasteiger charge is -2.38. The first-order valence-electron chi connectivity index (χ1n) is 10.4. The number of amides is 1. The average molecular weight is 429 g/mol. The molecule has 0 fully saturated rings. The number of ether oxygens (including phenoxy) is 2. The molecule has 0 radical (unpaired) electrons. The Morgan fingerprint density at radius 3 is 2.10 bits per heavy atom. The fourth-order valence-electron chi connectivity index (χ4n) is 3.52. The van der Waals surface area contributed by atoms with E-state index < -0.39 is 23.7 Å². The zero-order valence-electron chi connectivity index (χ0n) is 19.1. The van der Waals surface area contributed by atoms with E-state index in [0.717, 1.165) is 5.56 Å². The molecule has 168 valence electrons. The third-order valence-corrected chi connectivity index (χ3v) is 4.98. The van der Waals surface area contributed by atoms with Crippen molar-refractivity contribution in [2.75, 3.05) is 18.6 Å². The van der Waals surface area contributed by atoms with Crippen molar-refractivity contribution in [3.8, 4) is 5.75 Å². The van der Waals surface area contributed by atoms with Crippen LogP contribution in [0.2, 0.25) is 0 Å². The predicted octanol–water partition coefficient (Wildman–Crippen LogP) is 5.73. The molecule has 0 saturated carbocycles. The van der Waals surface area contributed by atoms with Crippen LogP contribution in [0.15, 0.2) is 54.6 Å². The first-order valence-corrected chi connectivity index (χ1v) is 10.4. The maximum absolute atomic E-state index is 13.4. The number of nitrogens with zero attached hydrogens (tertiary/aromatic N) is 2. The van der Waals surface area contributed by atoms with E-state index >= 15 is 0 Å². The van der Waals surface area contributed by atoms with Gasteiger partial charge in [0.2, 0.25) is 6.54 Å². The van der Waals surface area contributed by atoms with E-state index in [-0.39, 0.29) is 17.4 Å². The Morgan fingerprint density at radius 2 is 1.65 bits per heavy atom.